The summed E-state index contributed by atoms with van der Waals surface area (Å²) in [4.78, 5) is 5.33. The SMILES string of the molecule is CCOC1CCN(C(CN)c2cc(C)sc2C)CC1. The molecule has 2 rings (SSSR count). The van der Waals surface area contributed by atoms with Crippen molar-refractivity contribution in [3.63, 3.8) is 0 Å². The van der Waals surface area contributed by atoms with Gasteiger partial charge in [0.05, 0.1) is 6.10 Å². The standard InChI is InChI=1S/C15H26N2OS/c1-4-18-13-5-7-17(8-6-13)15(10-16)14-9-11(2)19-12(14)3/h9,13,15H,4-8,10,16H2,1-3H3. The molecule has 1 fully saturated rings. The maximum Gasteiger partial charge on any atom is 0.0599 e. The lowest BCUT2D eigenvalue weighted by molar-refractivity contribution is 0.00451. The summed E-state index contributed by atoms with van der Waals surface area (Å²) >= 11 is 1.88. The van der Waals surface area contributed by atoms with Crippen LogP contribution in [0.2, 0.25) is 0 Å². The minimum atomic E-state index is 0.382. The van der Waals surface area contributed by atoms with E-state index < -0.39 is 0 Å². The third-order valence-electron chi connectivity index (χ3n) is 3.98. The number of aryl methyl sites for hydroxylation is 2. The van der Waals surface area contributed by atoms with E-state index in [4.69, 9.17) is 10.5 Å². The Morgan fingerprint density at radius 3 is 2.58 bits per heavy atom. The smallest absolute Gasteiger partial charge is 0.0599 e. The van der Waals surface area contributed by atoms with Gasteiger partial charge in [-0.2, -0.15) is 0 Å². The summed E-state index contributed by atoms with van der Waals surface area (Å²) in [6.45, 7) is 10.2. The Hall–Kier alpha value is -0.420. The van der Waals surface area contributed by atoms with Crippen molar-refractivity contribution in [1.29, 1.82) is 0 Å². The predicted molar refractivity (Wildman–Crippen MR) is 81.8 cm³/mol. The second kappa shape index (κ2) is 6.84. The molecule has 0 aliphatic carbocycles. The monoisotopic (exact) mass is 282 g/mol. The van der Waals surface area contributed by atoms with Crippen LogP contribution in [0.1, 0.15) is 41.1 Å². The molecule has 108 valence electrons. The van der Waals surface area contributed by atoms with Crippen molar-refractivity contribution in [2.24, 2.45) is 5.73 Å². The Balaban J connectivity index is 2.01. The number of nitrogens with zero attached hydrogens (tertiary/aromatic N) is 1. The summed E-state index contributed by atoms with van der Waals surface area (Å²) in [5.41, 5.74) is 7.47. The molecule has 0 aromatic carbocycles. The van der Waals surface area contributed by atoms with Crippen LogP contribution < -0.4 is 5.73 Å². The molecule has 1 aromatic heterocycles. The number of nitrogens with two attached hydrogens (primary N) is 1. The van der Waals surface area contributed by atoms with Crippen LogP contribution in [0, 0.1) is 13.8 Å². The van der Waals surface area contributed by atoms with Gasteiger partial charge in [-0.15, -0.1) is 11.3 Å². The lowest BCUT2D eigenvalue weighted by Gasteiger charge is -2.37. The number of thiophene rings is 1. The fraction of sp³-hybridized carbons (Fsp3) is 0.733. The van der Waals surface area contributed by atoms with Gasteiger partial charge in [-0.25, -0.2) is 0 Å². The first-order valence-corrected chi connectivity index (χ1v) is 8.10. The third-order valence-corrected chi connectivity index (χ3v) is 4.96. The second-order valence-electron chi connectivity index (χ2n) is 5.31. The molecule has 1 aliphatic heterocycles. The van der Waals surface area contributed by atoms with Gasteiger partial charge < -0.3 is 10.5 Å². The van der Waals surface area contributed by atoms with Crippen LogP contribution in [0.3, 0.4) is 0 Å². The zero-order valence-electron chi connectivity index (χ0n) is 12.3. The Kier molecular flexibility index (Phi) is 5.39. The van der Waals surface area contributed by atoms with Crippen LogP contribution in [0.25, 0.3) is 0 Å². The highest BCUT2D eigenvalue weighted by molar-refractivity contribution is 7.12. The normalized spacial score (nSPS) is 19.8. The van der Waals surface area contributed by atoms with E-state index in [-0.39, 0.29) is 0 Å². The molecule has 1 aromatic rings. The van der Waals surface area contributed by atoms with E-state index in [1.807, 2.05) is 11.3 Å². The zero-order valence-corrected chi connectivity index (χ0v) is 13.1. The predicted octanol–water partition coefficient (Wildman–Crippen LogP) is 2.87. The summed E-state index contributed by atoms with van der Waals surface area (Å²) < 4.78 is 5.72. The van der Waals surface area contributed by atoms with E-state index in [0.29, 0.717) is 18.7 Å². The molecule has 4 heteroatoms. The van der Waals surface area contributed by atoms with Crippen LogP contribution in [0.4, 0.5) is 0 Å². The van der Waals surface area contributed by atoms with Crippen LogP contribution in [0.15, 0.2) is 6.07 Å². The summed E-state index contributed by atoms with van der Waals surface area (Å²) in [5, 5.41) is 0. The zero-order chi connectivity index (χ0) is 13.8. The molecule has 0 amide bonds. The van der Waals surface area contributed by atoms with Gasteiger partial charge in [0.2, 0.25) is 0 Å². The summed E-state index contributed by atoms with van der Waals surface area (Å²) in [7, 11) is 0. The Labute approximate surface area is 120 Å². The quantitative estimate of drug-likeness (QED) is 0.902. The molecule has 2 N–H and O–H groups in total. The first kappa shape index (κ1) is 15.0. The van der Waals surface area contributed by atoms with Crippen molar-refractivity contribution in [2.75, 3.05) is 26.2 Å². The Bertz CT molecular complexity index is 397. The molecule has 0 radical (unpaired) electrons. The Morgan fingerprint density at radius 1 is 1.42 bits per heavy atom. The van der Waals surface area contributed by atoms with Gasteiger partial charge in [0.1, 0.15) is 0 Å². The van der Waals surface area contributed by atoms with Gasteiger partial charge in [-0.1, -0.05) is 0 Å². The molecule has 0 spiro atoms. The molecule has 0 bridgehead atoms. The van der Waals surface area contributed by atoms with Crippen LogP contribution in [-0.2, 0) is 4.74 Å². The largest absolute Gasteiger partial charge is 0.378 e. The highest BCUT2D eigenvalue weighted by atomic mass is 32.1. The summed E-state index contributed by atoms with van der Waals surface area (Å²) in [6.07, 6.45) is 2.71. The highest BCUT2D eigenvalue weighted by Gasteiger charge is 2.27. The molecule has 1 aliphatic rings. The number of hydrogen-bond acceptors (Lipinski definition) is 4. The maximum atomic E-state index is 6.04. The van der Waals surface area contributed by atoms with Gasteiger partial charge in [0.15, 0.2) is 0 Å². The van der Waals surface area contributed by atoms with Crippen molar-refractivity contribution in [1.82, 2.24) is 4.90 Å². The number of ether oxygens (including phenoxy) is 1. The van der Waals surface area contributed by atoms with E-state index in [1.165, 1.54) is 15.3 Å². The number of likely N-dealkylation sites (tertiary alicyclic amines) is 1. The van der Waals surface area contributed by atoms with Crippen LogP contribution >= 0.6 is 11.3 Å². The van der Waals surface area contributed by atoms with Crippen molar-refractivity contribution in [2.45, 2.75) is 45.8 Å². The fourth-order valence-electron chi connectivity index (χ4n) is 3.04. The fourth-order valence-corrected chi connectivity index (χ4v) is 4.03. The number of piperidine rings is 1. The number of rotatable bonds is 5. The maximum absolute atomic E-state index is 6.04. The van der Waals surface area contributed by atoms with E-state index >= 15 is 0 Å². The highest BCUT2D eigenvalue weighted by Crippen LogP contribution is 2.31. The van der Waals surface area contributed by atoms with Crippen molar-refractivity contribution in [3.8, 4) is 0 Å². The lowest BCUT2D eigenvalue weighted by Crippen LogP contribution is -2.42. The minimum absolute atomic E-state index is 0.382. The summed E-state index contributed by atoms with van der Waals surface area (Å²) in [6, 6.07) is 2.69. The minimum Gasteiger partial charge on any atom is -0.378 e. The van der Waals surface area contributed by atoms with E-state index in [0.717, 1.165) is 32.5 Å². The van der Waals surface area contributed by atoms with Crippen molar-refractivity contribution in [3.05, 3.63) is 21.4 Å². The van der Waals surface area contributed by atoms with Crippen LogP contribution in [-0.4, -0.2) is 37.2 Å². The second-order valence-corrected chi connectivity index (χ2v) is 6.77. The van der Waals surface area contributed by atoms with Crippen molar-refractivity contribution >= 4 is 11.3 Å². The average Bonchev–Trinajstić information content (AvgIpc) is 2.72. The van der Waals surface area contributed by atoms with Crippen LogP contribution in [0.5, 0.6) is 0 Å². The molecule has 0 saturated carbocycles. The van der Waals surface area contributed by atoms with Gasteiger partial charge in [-0.3, -0.25) is 4.90 Å². The first-order chi connectivity index (χ1) is 9.15. The molecule has 3 nitrogen and oxygen atoms in total. The van der Waals surface area contributed by atoms with Gasteiger partial charge in [-0.05, 0) is 45.2 Å². The molecule has 19 heavy (non-hydrogen) atoms. The summed E-state index contributed by atoms with van der Waals surface area (Å²) in [5.74, 6) is 0. The Morgan fingerprint density at radius 2 is 2.11 bits per heavy atom. The topological polar surface area (TPSA) is 38.5 Å². The third kappa shape index (κ3) is 3.57. The first-order valence-electron chi connectivity index (χ1n) is 7.28. The van der Waals surface area contributed by atoms with Gasteiger partial charge in [0, 0.05) is 42.0 Å². The average molecular weight is 282 g/mol. The molecular weight excluding hydrogens is 256 g/mol. The molecule has 1 saturated heterocycles. The van der Waals surface area contributed by atoms with E-state index in [1.54, 1.807) is 0 Å². The van der Waals surface area contributed by atoms with Gasteiger partial charge >= 0.3 is 0 Å². The molecule has 2 heterocycles. The number of hydrogen-bond donors (Lipinski definition) is 1. The van der Waals surface area contributed by atoms with Crippen molar-refractivity contribution < 1.29 is 4.74 Å². The van der Waals surface area contributed by atoms with Gasteiger partial charge in [0.25, 0.3) is 0 Å². The molecule has 1 unspecified atom stereocenters. The molecule has 1 atom stereocenters. The molecular formula is C15H26N2OS. The van der Waals surface area contributed by atoms with E-state index in [2.05, 4.69) is 31.7 Å². The van der Waals surface area contributed by atoms with E-state index in [9.17, 15) is 0 Å². The lowest BCUT2D eigenvalue weighted by atomic mass is 10.0.